The van der Waals surface area contributed by atoms with E-state index in [9.17, 15) is 4.79 Å². The summed E-state index contributed by atoms with van der Waals surface area (Å²) in [7, 11) is 5.00. The Labute approximate surface area is 126 Å². The second-order valence-electron chi connectivity index (χ2n) is 5.48. The number of methoxy groups -OCH3 is 2. The summed E-state index contributed by atoms with van der Waals surface area (Å²) in [4.78, 5) is 14.5. The molecule has 0 bridgehead atoms. The van der Waals surface area contributed by atoms with Gasteiger partial charge in [-0.3, -0.25) is 4.79 Å². The molecule has 1 aromatic rings. The Bertz CT molecular complexity index is 504. The summed E-state index contributed by atoms with van der Waals surface area (Å²) in [5.74, 6) is 1.59. The monoisotopic (exact) mass is 292 g/mol. The molecule has 2 atom stereocenters. The van der Waals surface area contributed by atoms with Gasteiger partial charge in [0.15, 0.2) is 11.5 Å². The molecule has 5 heteroatoms. The average molecular weight is 292 g/mol. The summed E-state index contributed by atoms with van der Waals surface area (Å²) >= 11 is 0. The van der Waals surface area contributed by atoms with Gasteiger partial charge < -0.3 is 20.1 Å². The Balaban J connectivity index is 2.19. The van der Waals surface area contributed by atoms with E-state index in [-0.39, 0.29) is 11.9 Å². The van der Waals surface area contributed by atoms with Crippen LogP contribution in [0.25, 0.3) is 0 Å². The van der Waals surface area contributed by atoms with Gasteiger partial charge in [0.25, 0.3) is 5.91 Å². The van der Waals surface area contributed by atoms with Crippen LogP contribution in [0.15, 0.2) is 18.2 Å². The largest absolute Gasteiger partial charge is 0.493 e. The average Bonchev–Trinajstić information content (AvgIpc) is 3.01. The number of nitrogens with zero attached hydrogens (tertiary/aromatic N) is 1. The van der Waals surface area contributed by atoms with Crippen molar-refractivity contribution in [2.24, 2.45) is 11.7 Å². The van der Waals surface area contributed by atoms with E-state index < -0.39 is 0 Å². The molecule has 0 aliphatic heterocycles. The highest BCUT2D eigenvalue weighted by Crippen LogP contribution is 2.31. The van der Waals surface area contributed by atoms with Crippen LogP contribution in [-0.2, 0) is 0 Å². The number of carbonyl (C=O) groups excluding carboxylic acids is 1. The maximum Gasteiger partial charge on any atom is 0.253 e. The first-order valence-electron chi connectivity index (χ1n) is 7.31. The predicted octanol–water partition coefficient (Wildman–Crippen LogP) is 1.90. The van der Waals surface area contributed by atoms with Crippen LogP contribution >= 0.6 is 0 Å². The van der Waals surface area contributed by atoms with Gasteiger partial charge in [-0.05, 0) is 43.5 Å². The van der Waals surface area contributed by atoms with Gasteiger partial charge in [0.1, 0.15) is 0 Å². The van der Waals surface area contributed by atoms with E-state index in [0.29, 0.717) is 29.5 Å². The molecule has 0 radical (unpaired) electrons. The topological polar surface area (TPSA) is 64.8 Å². The summed E-state index contributed by atoms with van der Waals surface area (Å²) in [5, 5.41) is 0. The maximum atomic E-state index is 12.6. The Morgan fingerprint density at radius 2 is 2.00 bits per heavy atom. The summed E-state index contributed by atoms with van der Waals surface area (Å²) in [5.41, 5.74) is 6.42. The minimum absolute atomic E-state index is 0.00121. The van der Waals surface area contributed by atoms with Crippen molar-refractivity contribution in [3.63, 3.8) is 0 Å². The van der Waals surface area contributed by atoms with Crippen molar-refractivity contribution in [3.8, 4) is 11.5 Å². The lowest BCUT2D eigenvalue weighted by atomic mass is 10.0. The molecule has 2 rings (SSSR count). The Morgan fingerprint density at radius 1 is 1.29 bits per heavy atom. The number of nitrogens with two attached hydrogens (primary N) is 1. The standard InChI is InChI=1S/C16H24N2O3/c1-18(13-6-4-5-12(13)10-17)16(19)11-7-8-14(20-2)15(9-11)21-3/h7-9,12-13H,4-6,10,17H2,1-3H3. The molecular formula is C16H24N2O3. The van der Waals surface area contributed by atoms with Gasteiger partial charge in [0.05, 0.1) is 14.2 Å². The first-order valence-corrected chi connectivity index (χ1v) is 7.31. The smallest absolute Gasteiger partial charge is 0.253 e. The van der Waals surface area contributed by atoms with E-state index in [4.69, 9.17) is 15.2 Å². The molecule has 21 heavy (non-hydrogen) atoms. The van der Waals surface area contributed by atoms with Crippen molar-refractivity contribution in [1.29, 1.82) is 0 Å². The van der Waals surface area contributed by atoms with E-state index in [1.54, 1.807) is 32.4 Å². The SMILES string of the molecule is COc1ccc(C(=O)N(C)C2CCCC2CN)cc1OC. The number of hydrogen-bond donors (Lipinski definition) is 1. The number of amides is 1. The molecule has 0 spiro atoms. The number of rotatable bonds is 5. The third-order valence-corrected chi connectivity index (χ3v) is 4.37. The predicted molar refractivity (Wildman–Crippen MR) is 81.8 cm³/mol. The molecule has 1 aromatic carbocycles. The van der Waals surface area contributed by atoms with Gasteiger partial charge >= 0.3 is 0 Å². The zero-order valence-corrected chi connectivity index (χ0v) is 13.0. The molecule has 2 N–H and O–H groups in total. The van der Waals surface area contributed by atoms with Crippen LogP contribution in [-0.4, -0.2) is 44.7 Å². The molecule has 5 nitrogen and oxygen atoms in total. The number of hydrogen-bond acceptors (Lipinski definition) is 4. The van der Waals surface area contributed by atoms with Gasteiger partial charge in [-0.25, -0.2) is 0 Å². The van der Waals surface area contributed by atoms with Crippen molar-refractivity contribution in [2.75, 3.05) is 27.8 Å². The van der Waals surface area contributed by atoms with Crippen molar-refractivity contribution in [2.45, 2.75) is 25.3 Å². The summed E-state index contributed by atoms with van der Waals surface area (Å²) < 4.78 is 10.5. The molecule has 1 aliphatic rings. The van der Waals surface area contributed by atoms with Gasteiger partial charge in [-0.15, -0.1) is 0 Å². The van der Waals surface area contributed by atoms with Gasteiger partial charge in [-0.1, -0.05) is 6.42 Å². The third kappa shape index (κ3) is 3.13. The highest BCUT2D eigenvalue weighted by atomic mass is 16.5. The number of carbonyl (C=O) groups is 1. The lowest BCUT2D eigenvalue weighted by molar-refractivity contribution is 0.0699. The van der Waals surface area contributed by atoms with Crippen molar-refractivity contribution < 1.29 is 14.3 Å². The van der Waals surface area contributed by atoms with E-state index in [0.717, 1.165) is 19.3 Å². The molecule has 1 amide bonds. The normalized spacial score (nSPS) is 21.1. The molecule has 1 saturated carbocycles. The molecule has 116 valence electrons. The molecule has 0 saturated heterocycles. The van der Waals surface area contributed by atoms with Crippen LogP contribution < -0.4 is 15.2 Å². The van der Waals surface area contributed by atoms with Crippen LogP contribution in [0.2, 0.25) is 0 Å². The quantitative estimate of drug-likeness (QED) is 0.900. The molecule has 0 aromatic heterocycles. The van der Waals surface area contributed by atoms with E-state index in [1.807, 2.05) is 11.9 Å². The zero-order valence-electron chi connectivity index (χ0n) is 13.0. The number of ether oxygens (including phenoxy) is 2. The fraction of sp³-hybridized carbons (Fsp3) is 0.562. The van der Waals surface area contributed by atoms with Gasteiger partial charge in [0, 0.05) is 18.7 Å². The van der Waals surface area contributed by atoms with Crippen LogP contribution in [0.1, 0.15) is 29.6 Å². The van der Waals surface area contributed by atoms with E-state index >= 15 is 0 Å². The Kier molecular flexibility index (Phi) is 5.07. The molecular weight excluding hydrogens is 268 g/mol. The fourth-order valence-electron chi connectivity index (χ4n) is 3.13. The summed E-state index contributed by atoms with van der Waals surface area (Å²) in [6.07, 6.45) is 3.26. The Morgan fingerprint density at radius 3 is 2.62 bits per heavy atom. The van der Waals surface area contributed by atoms with E-state index in [2.05, 4.69) is 0 Å². The summed E-state index contributed by atoms with van der Waals surface area (Å²) in [6, 6.07) is 5.49. The highest BCUT2D eigenvalue weighted by Gasteiger charge is 2.32. The maximum absolute atomic E-state index is 12.6. The molecule has 1 aliphatic carbocycles. The molecule has 0 heterocycles. The van der Waals surface area contributed by atoms with Crippen LogP contribution in [0.3, 0.4) is 0 Å². The first kappa shape index (κ1) is 15.6. The zero-order chi connectivity index (χ0) is 15.4. The minimum atomic E-state index is 0.00121. The summed E-state index contributed by atoms with van der Waals surface area (Å²) in [6.45, 7) is 0.633. The lowest BCUT2D eigenvalue weighted by Gasteiger charge is -2.29. The minimum Gasteiger partial charge on any atom is -0.493 e. The van der Waals surface area contributed by atoms with Crippen LogP contribution in [0.4, 0.5) is 0 Å². The number of benzene rings is 1. The first-order chi connectivity index (χ1) is 10.1. The van der Waals surface area contributed by atoms with Crippen molar-refractivity contribution in [3.05, 3.63) is 23.8 Å². The Hall–Kier alpha value is -1.75. The van der Waals surface area contributed by atoms with Crippen LogP contribution in [0.5, 0.6) is 11.5 Å². The van der Waals surface area contributed by atoms with Crippen molar-refractivity contribution >= 4 is 5.91 Å². The van der Waals surface area contributed by atoms with Crippen LogP contribution in [0, 0.1) is 5.92 Å². The van der Waals surface area contributed by atoms with Gasteiger partial charge in [-0.2, -0.15) is 0 Å². The second-order valence-corrected chi connectivity index (χ2v) is 5.48. The second kappa shape index (κ2) is 6.80. The van der Waals surface area contributed by atoms with Crippen molar-refractivity contribution in [1.82, 2.24) is 4.90 Å². The van der Waals surface area contributed by atoms with E-state index in [1.165, 1.54) is 0 Å². The fourth-order valence-corrected chi connectivity index (χ4v) is 3.13. The molecule has 2 unspecified atom stereocenters. The lowest BCUT2D eigenvalue weighted by Crippen LogP contribution is -2.41. The molecule has 1 fully saturated rings. The third-order valence-electron chi connectivity index (χ3n) is 4.37. The van der Waals surface area contributed by atoms with Gasteiger partial charge in [0.2, 0.25) is 0 Å². The highest BCUT2D eigenvalue weighted by molar-refractivity contribution is 5.95.